The quantitative estimate of drug-likeness (QED) is 0.713. The fourth-order valence-corrected chi connectivity index (χ4v) is 3.33. The molecule has 0 saturated heterocycles. The minimum absolute atomic E-state index is 0.332. The van der Waals surface area contributed by atoms with Gasteiger partial charge in [0, 0.05) is 16.1 Å². The Bertz CT molecular complexity index is 880. The van der Waals surface area contributed by atoms with E-state index >= 15 is 0 Å². The molecule has 0 aliphatic carbocycles. The van der Waals surface area contributed by atoms with E-state index in [9.17, 15) is 0 Å². The van der Waals surface area contributed by atoms with Crippen LogP contribution in [0.4, 0.5) is 5.69 Å². The lowest BCUT2D eigenvalue weighted by atomic mass is 10.1. The second kappa shape index (κ2) is 6.62. The lowest BCUT2D eigenvalue weighted by Gasteiger charge is -2.15. The van der Waals surface area contributed by atoms with E-state index in [1.54, 1.807) is 11.3 Å². The van der Waals surface area contributed by atoms with Gasteiger partial charge in [0.1, 0.15) is 0 Å². The van der Waals surface area contributed by atoms with Crippen LogP contribution in [0.25, 0.3) is 17.3 Å². The molecule has 0 spiro atoms. The summed E-state index contributed by atoms with van der Waals surface area (Å²) in [5.74, 6) is 0.493. The number of para-hydroxylation sites is 1. The highest BCUT2D eigenvalue weighted by Crippen LogP contribution is 2.36. The van der Waals surface area contributed by atoms with E-state index in [2.05, 4.69) is 26.6 Å². The van der Waals surface area contributed by atoms with Gasteiger partial charge in [0.25, 0.3) is 0 Å². The number of fused-ring (bicyclic) bond motifs is 3. The Morgan fingerprint density at radius 3 is 2.96 bits per heavy atom. The molecule has 0 amide bonds. The van der Waals surface area contributed by atoms with Crippen LogP contribution in [-0.4, -0.2) is 27.7 Å². The Kier molecular flexibility index (Phi) is 4.18. The standard InChI is InChI=1S/C17H14N4OS2/c1-23-17-19-16-15(20-21-17)12-6-2-3-7-13(12)18-14(22-16)9-8-11-5-4-10-24-11/h2-10,14,18H,1H3/b9-8-/t14-/m0/s1. The number of thioether (sulfide) groups is 1. The van der Waals surface area contributed by atoms with Gasteiger partial charge < -0.3 is 10.1 Å². The van der Waals surface area contributed by atoms with E-state index in [1.165, 1.54) is 16.6 Å². The second-order valence-corrected chi connectivity index (χ2v) is 6.81. The molecule has 3 aromatic rings. The number of nitrogens with one attached hydrogen (secondary N) is 1. The van der Waals surface area contributed by atoms with Crippen LogP contribution in [0.15, 0.2) is 53.0 Å². The lowest BCUT2D eigenvalue weighted by Crippen LogP contribution is -2.23. The van der Waals surface area contributed by atoms with Gasteiger partial charge in [-0.15, -0.1) is 21.5 Å². The molecule has 0 fully saturated rings. The zero-order valence-corrected chi connectivity index (χ0v) is 14.5. The van der Waals surface area contributed by atoms with Crippen molar-refractivity contribution >= 4 is 34.9 Å². The maximum Gasteiger partial charge on any atom is 0.247 e. The fourth-order valence-electron chi connectivity index (χ4n) is 2.41. The van der Waals surface area contributed by atoms with Crippen molar-refractivity contribution in [2.75, 3.05) is 11.6 Å². The molecule has 0 saturated carbocycles. The maximum atomic E-state index is 6.06. The first-order valence-corrected chi connectivity index (χ1v) is 9.47. The van der Waals surface area contributed by atoms with Gasteiger partial charge in [0.2, 0.25) is 11.0 Å². The van der Waals surface area contributed by atoms with Gasteiger partial charge in [-0.1, -0.05) is 36.0 Å². The molecule has 1 aliphatic rings. The first-order chi connectivity index (χ1) is 11.8. The molecular formula is C17H14N4OS2. The first-order valence-electron chi connectivity index (χ1n) is 7.36. The van der Waals surface area contributed by atoms with E-state index in [0.717, 1.165) is 11.3 Å². The average molecular weight is 354 g/mol. The molecule has 24 heavy (non-hydrogen) atoms. The lowest BCUT2D eigenvalue weighted by molar-refractivity contribution is 0.266. The van der Waals surface area contributed by atoms with Crippen LogP contribution in [0.5, 0.6) is 5.88 Å². The number of rotatable bonds is 3. The van der Waals surface area contributed by atoms with Crippen molar-refractivity contribution in [3.05, 3.63) is 52.7 Å². The molecule has 120 valence electrons. The van der Waals surface area contributed by atoms with Crippen LogP contribution in [0, 0.1) is 0 Å². The van der Waals surface area contributed by atoms with Gasteiger partial charge in [-0.25, -0.2) is 0 Å². The zero-order chi connectivity index (χ0) is 16.4. The van der Waals surface area contributed by atoms with E-state index in [4.69, 9.17) is 4.74 Å². The summed E-state index contributed by atoms with van der Waals surface area (Å²) in [6.07, 6.45) is 5.61. The Morgan fingerprint density at radius 1 is 1.21 bits per heavy atom. The van der Waals surface area contributed by atoms with Crippen molar-refractivity contribution in [2.45, 2.75) is 11.4 Å². The number of hydrogen-bond acceptors (Lipinski definition) is 7. The Labute approximate surface area is 147 Å². The number of thiophene rings is 1. The highest BCUT2D eigenvalue weighted by molar-refractivity contribution is 7.98. The molecule has 1 N–H and O–H groups in total. The molecule has 4 rings (SSSR count). The molecule has 1 atom stereocenters. The minimum Gasteiger partial charge on any atom is -0.448 e. The molecule has 0 unspecified atom stereocenters. The molecule has 3 heterocycles. The molecule has 2 aromatic heterocycles. The third kappa shape index (κ3) is 3.00. The van der Waals surface area contributed by atoms with Crippen molar-refractivity contribution in [1.29, 1.82) is 0 Å². The smallest absolute Gasteiger partial charge is 0.247 e. The van der Waals surface area contributed by atoms with Gasteiger partial charge in [-0.3, -0.25) is 0 Å². The third-order valence-electron chi connectivity index (χ3n) is 3.51. The molecule has 7 heteroatoms. The normalized spacial score (nSPS) is 16.0. The van der Waals surface area contributed by atoms with Crippen LogP contribution in [0.3, 0.4) is 0 Å². The molecule has 0 radical (unpaired) electrons. The summed E-state index contributed by atoms with van der Waals surface area (Å²) in [7, 11) is 0. The van der Waals surface area contributed by atoms with E-state index < -0.39 is 0 Å². The van der Waals surface area contributed by atoms with Gasteiger partial charge >= 0.3 is 0 Å². The predicted octanol–water partition coefficient (Wildman–Crippen LogP) is 4.17. The minimum atomic E-state index is -0.332. The summed E-state index contributed by atoms with van der Waals surface area (Å²) in [5, 5.41) is 14.5. The Morgan fingerprint density at radius 2 is 2.12 bits per heavy atom. The summed E-state index contributed by atoms with van der Waals surface area (Å²) >= 11 is 3.12. The summed E-state index contributed by atoms with van der Waals surface area (Å²) in [6.45, 7) is 0. The SMILES string of the molecule is CSc1nnc2c(n1)O[C@@H](/C=C\c1cccs1)Nc1ccccc1-2. The highest BCUT2D eigenvalue weighted by atomic mass is 32.2. The van der Waals surface area contributed by atoms with Crippen LogP contribution < -0.4 is 10.1 Å². The average Bonchev–Trinajstić information content (AvgIpc) is 3.08. The summed E-state index contributed by atoms with van der Waals surface area (Å²) in [4.78, 5) is 5.65. The summed E-state index contributed by atoms with van der Waals surface area (Å²) in [5.41, 5.74) is 2.54. The maximum absolute atomic E-state index is 6.06. The van der Waals surface area contributed by atoms with Gasteiger partial charge in [0.05, 0.1) is 0 Å². The van der Waals surface area contributed by atoms with Crippen molar-refractivity contribution in [3.8, 4) is 17.1 Å². The van der Waals surface area contributed by atoms with Crippen molar-refractivity contribution < 1.29 is 4.74 Å². The van der Waals surface area contributed by atoms with Gasteiger partial charge in [0.15, 0.2) is 11.9 Å². The third-order valence-corrected chi connectivity index (χ3v) is 4.89. The number of aromatic nitrogens is 3. The monoisotopic (exact) mass is 354 g/mol. The van der Waals surface area contributed by atoms with Crippen LogP contribution >= 0.6 is 23.1 Å². The van der Waals surface area contributed by atoms with E-state index in [1.807, 2.05) is 54.1 Å². The largest absolute Gasteiger partial charge is 0.448 e. The molecule has 5 nitrogen and oxygen atoms in total. The molecular weight excluding hydrogens is 340 g/mol. The molecule has 1 aromatic carbocycles. The van der Waals surface area contributed by atoms with E-state index in [-0.39, 0.29) is 6.23 Å². The zero-order valence-electron chi connectivity index (χ0n) is 12.8. The Hall–Kier alpha value is -2.38. The van der Waals surface area contributed by atoms with Crippen molar-refractivity contribution in [3.63, 3.8) is 0 Å². The van der Waals surface area contributed by atoms with E-state index in [0.29, 0.717) is 16.7 Å². The first kappa shape index (κ1) is 15.2. The van der Waals surface area contributed by atoms with Crippen molar-refractivity contribution in [2.24, 2.45) is 0 Å². The molecule has 1 aliphatic heterocycles. The topological polar surface area (TPSA) is 59.9 Å². The number of benzene rings is 1. The van der Waals surface area contributed by atoms with Crippen molar-refractivity contribution in [1.82, 2.24) is 15.2 Å². The molecule has 0 bridgehead atoms. The second-order valence-electron chi connectivity index (χ2n) is 5.06. The summed E-state index contributed by atoms with van der Waals surface area (Å²) in [6, 6.07) is 12.0. The fraction of sp³-hybridized carbons (Fsp3) is 0.118. The van der Waals surface area contributed by atoms with Crippen LogP contribution in [0.1, 0.15) is 4.88 Å². The van der Waals surface area contributed by atoms with Gasteiger partial charge in [-0.05, 0) is 35.9 Å². The van der Waals surface area contributed by atoms with Crippen LogP contribution in [-0.2, 0) is 0 Å². The number of nitrogens with zero attached hydrogens (tertiary/aromatic N) is 3. The number of ether oxygens (including phenoxy) is 1. The predicted molar refractivity (Wildman–Crippen MR) is 98.4 cm³/mol. The van der Waals surface area contributed by atoms with Crippen LogP contribution in [0.2, 0.25) is 0 Å². The Balaban J connectivity index is 1.75. The summed E-state index contributed by atoms with van der Waals surface area (Å²) < 4.78 is 6.06. The highest BCUT2D eigenvalue weighted by Gasteiger charge is 2.23. The van der Waals surface area contributed by atoms with Gasteiger partial charge in [-0.2, -0.15) is 4.98 Å². The number of hydrogen-bond donors (Lipinski definition) is 1. The number of anilines is 1.